The molecule has 1 saturated heterocycles. The molecule has 6 nitrogen and oxygen atoms in total. The summed E-state index contributed by atoms with van der Waals surface area (Å²) in [5, 5.41) is 40.7. The molecule has 1 fully saturated rings. The number of hydrogen-bond acceptors (Lipinski definition) is 6. The van der Waals surface area contributed by atoms with E-state index in [-0.39, 0.29) is 12.4 Å². The molecule has 0 saturated carbocycles. The van der Waals surface area contributed by atoms with Crippen molar-refractivity contribution in [1.82, 2.24) is 0 Å². The molecule has 4 atom stereocenters. The zero-order valence-electron chi connectivity index (χ0n) is 9.95. The van der Waals surface area contributed by atoms with Gasteiger partial charge in [0.25, 0.3) is 0 Å². The van der Waals surface area contributed by atoms with Gasteiger partial charge in [0.15, 0.2) is 6.23 Å². The van der Waals surface area contributed by atoms with Gasteiger partial charge in [-0.2, -0.15) is 0 Å². The number of aliphatic hydroxyl groups is 3. The van der Waals surface area contributed by atoms with Gasteiger partial charge in [-0.3, -0.25) is 0 Å². The van der Waals surface area contributed by atoms with Gasteiger partial charge in [-0.25, -0.2) is 0 Å². The van der Waals surface area contributed by atoms with Crippen molar-refractivity contribution in [2.75, 3.05) is 11.9 Å². The van der Waals surface area contributed by atoms with Crippen LogP contribution in [0.1, 0.15) is 5.56 Å². The molecule has 0 aromatic heterocycles. The Balaban J connectivity index is 2.07. The molecule has 1 heterocycles. The number of phenols is 1. The van der Waals surface area contributed by atoms with Crippen LogP contribution in [-0.4, -0.2) is 51.6 Å². The molecule has 1 aliphatic heterocycles. The van der Waals surface area contributed by atoms with E-state index in [0.29, 0.717) is 5.69 Å². The van der Waals surface area contributed by atoms with Crippen LogP contribution in [0, 0.1) is 6.92 Å². The highest BCUT2D eigenvalue weighted by atomic mass is 16.6. The highest BCUT2D eigenvalue weighted by Crippen LogP contribution is 2.26. The van der Waals surface area contributed by atoms with Crippen LogP contribution >= 0.6 is 0 Å². The Hall–Kier alpha value is -1.34. The van der Waals surface area contributed by atoms with Crippen molar-refractivity contribution in [3.05, 3.63) is 23.8 Å². The van der Waals surface area contributed by atoms with Gasteiger partial charge in [-0.15, -0.1) is 0 Å². The lowest BCUT2D eigenvalue weighted by molar-refractivity contribution is -0.0153. The average molecular weight is 255 g/mol. The maximum atomic E-state index is 9.73. The molecule has 1 unspecified atom stereocenters. The van der Waals surface area contributed by atoms with E-state index in [4.69, 9.17) is 9.84 Å². The van der Waals surface area contributed by atoms with Crippen LogP contribution in [0.25, 0.3) is 0 Å². The number of aryl methyl sites for hydroxylation is 1. The zero-order valence-corrected chi connectivity index (χ0v) is 9.95. The SMILES string of the molecule is Cc1ccc(NC2O[C@H](CO)[C@@H](O)[C@H]2O)cc1O. The zero-order chi connectivity index (χ0) is 13.3. The van der Waals surface area contributed by atoms with Crippen molar-refractivity contribution < 1.29 is 25.2 Å². The molecule has 0 aliphatic carbocycles. The van der Waals surface area contributed by atoms with E-state index in [9.17, 15) is 15.3 Å². The van der Waals surface area contributed by atoms with Crippen molar-refractivity contribution in [3.8, 4) is 5.75 Å². The Morgan fingerprint density at radius 1 is 1.28 bits per heavy atom. The van der Waals surface area contributed by atoms with Gasteiger partial charge >= 0.3 is 0 Å². The Kier molecular flexibility index (Phi) is 3.72. The van der Waals surface area contributed by atoms with E-state index in [1.165, 1.54) is 6.07 Å². The van der Waals surface area contributed by atoms with Gasteiger partial charge < -0.3 is 30.5 Å². The number of aromatic hydroxyl groups is 1. The quantitative estimate of drug-likeness (QED) is 0.501. The lowest BCUT2D eigenvalue weighted by atomic mass is 10.1. The first-order valence-corrected chi connectivity index (χ1v) is 5.71. The fraction of sp³-hybridized carbons (Fsp3) is 0.500. The Labute approximate surface area is 104 Å². The lowest BCUT2D eigenvalue weighted by Gasteiger charge is -2.18. The third-order valence-corrected chi connectivity index (χ3v) is 3.06. The molecule has 0 radical (unpaired) electrons. The van der Waals surface area contributed by atoms with Crippen molar-refractivity contribution in [1.29, 1.82) is 0 Å². The molecule has 0 amide bonds. The smallest absolute Gasteiger partial charge is 0.157 e. The fourth-order valence-corrected chi connectivity index (χ4v) is 1.88. The normalized spacial score (nSPS) is 31.6. The van der Waals surface area contributed by atoms with Crippen LogP contribution in [0.5, 0.6) is 5.75 Å². The van der Waals surface area contributed by atoms with E-state index in [1.54, 1.807) is 19.1 Å². The Morgan fingerprint density at radius 2 is 2.00 bits per heavy atom. The molecule has 1 aromatic carbocycles. The molecule has 1 aliphatic rings. The number of benzene rings is 1. The maximum Gasteiger partial charge on any atom is 0.157 e. The minimum absolute atomic E-state index is 0.131. The van der Waals surface area contributed by atoms with Gasteiger partial charge in [0.05, 0.1) is 6.61 Å². The summed E-state index contributed by atoms with van der Waals surface area (Å²) in [5.74, 6) is 0.131. The standard InChI is InChI=1S/C12H17NO5/c1-6-2-3-7(4-8(6)15)13-12-11(17)10(16)9(5-14)18-12/h2-4,9-17H,5H2,1H3/t9-,10-,11-,12?/m1/s1. The summed E-state index contributed by atoms with van der Waals surface area (Å²) in [6, 6.07) is 4.95. The van der Waals surface area contributed by atoms with Crippen LogP contribution in [0.4, 0.5) is 5.69 Å². The van der Waals surface area contributed by atoms with Crippen LogP contribution < -0.4 is 5.32 Å². The molecular formula is C12H17NO5. The number of aliphatic hydroxyl groups excluding tert-OH is 3. The Bertz CT molecular complexity index is 425. The monoisotopic (exact) mass is 255 g/mol. The number of anilines is 1. The van der Waals surface area contributed by atoms with E-state index in [1.807, 2.05) is 0 Å². The molecular weight excluding hydrogens is 238 g/mol. The second kappa shape index (κ2) is 5.11. The van der Waals surface area contributed by atoms with Crippen LogP contribution in [-0.2, 0) is 4.74 Å². The molecule has 5 N–H and O–H groups in total. The summed E-state index contributed by atoms with van der Waals surface area (Å²) in [4.78, 5) is 0. The number of nitrogens with one attached hydrogen (secondary N) is 1. The topological polar surface area (TPSA) is 102 Å². The summed E-state index contributed by atoms with van der Waals surface area (Å²) < 4.78 is 5.27. The first-order chi connectivity index (χ1) is 8.52. The molecule has 0 bridgehead atoms. The average Bonchev–Trinajstić information content (AvgIpc) is 2.62. The first kappa shape index (κ1) is 13.1. The lowest BCUT2D eigenvalue weighted by Crippen LogP contribution is -2.36. The first-order valence-electron chi connectivity index (χ1n) is 5.71. The highest BCUT2D eigenvalue weighted by molar-refractivity contribution is 5.51. The summed E-state index contributed by atoms with van der Waals surface area (Å²) in [6.07, 6.45) is -3.90. The van der Waals surface area contributed by atoms with Crippen molar-refractivity contribution in [2.45, 2.75) is 31.5 Å². The van der Waals surface area contributed by atoms with Gasteiger partial charge in [0.1, 0.15) is 24.1 Å². The van der Waals surface area contributed by atoms with Crippen molar-refractivity contribution in [2.24, 2.45) is 0 Å². The minimum atomic E-state index is -1.13. The van der Waals surface area contributed by atoms with E-state index < -0.39 is 24.5 Å². The molecule has 6 heteroatoms. The van der Waals surface area contributed by atoms with E-state index >= 15 is 0 Å². The molecule has 100 valence electrons. The molecule has 18 heavy (non-hydrogen) atoms. The fourth-order valence-electron chi connectivity index (χ4n) is 1.88. The summed E-state index contributed by atoms with van der Waals surface area (Å²) in [5.41, 5.74) is 1.30. The minimum Gasteiger partial charge on any atom is -0.508 e. The van der Waals surface area contributed by atoms with Gasteiger partial charge in [0, 0.05) is 11.8 Å². The molecule has 0 spiro atoms. The maximum absolute atomic E-state index is 9.73. The summed E-state index contributed by atoms with van der Waals surface area (Å²) in [6.45, 7) is 1.40. The summed E-state index contributed by atoms with van der Waals surface area (Å²) >= 11 is 0. The number of hydrogen-bond donors (Lipinski definition) is 5. The van der Waals surface area contributed by atoms with Crippen LogP contribution in [0.15, 0.2) is 18.2 Å². The number of ether oxygens (including phenoxy) is 1. The van der Waals surface area contributed by atoms with Crippen LogP contribution in [0.3, 0.4) is 0 Å². The Morgan fingerprint density at radius 3 is 2.56 bits per heavy atom. The van der Waals surface area contributed by atoms with Crippen molar-refractivity contribution in [3.63, 3.8) is 0 Å². The summed E-state index contributed by atoms with van der Waals surface area (Å²) in [7, 11) is 0. The van der Waals surface area contributed by atoms with Gasteiger partial charge in [-0.1, -0.05) is 6.07 Å². The third kappa shape index (κ3) is 2.41. The van der Waals surface area contributed by atoms with E-state index in [0.717, 1.165) is 5.56 Å². The van der Waals surface area contributed by atoms with Gasteiger partial charge in [-0.05, 0) is 18.6 Å². The number of phenolic OH excluding ortho intramolecular Hbond substituents is 1. The van der Waals surface area contributed by atoms with Crippen molar-refractivity contribution >= 4 is 5.69 Å². The predicted molar refractivity (Wildman–Crippen MR) is 64.2 cm³/mol. The highest BCUT2D eigenvalue weighted by Gasteiger charge is 2.42. The third-order valence-electron chi connectivity index (χ3n) is 3.06. The predicted octanol–water partition coefficient (Wildman–Crippen LogP) is -0.448. The number of rotatable bonds is 3. The van der Waals surface area contributed by atoms with E-state index in [2.05, 4.69) is 5.32 Å². The van der Waals surface area contributed by atoms with Gasteiger partial charge in [0.2, 0.25) is 0 Å². The van der Waals surface area contributed by atoms with Crippen LogP contribution in [0.2, 0.25) is 0 Å². The molecule has 2 rings (SSSR count). The second-order valence-electron chi connectivity index (χ2n) is 4.40. The second-order valence-corrected chi connectivity index (χ2v) is 4.40. The molecule has 1 aromatic rings. The largest absolute Gasteiger partial charge is 0.508 e.